The summed E-state index contributed by atoms with van der Waals surface area (Å²) in [5, 5.41) is 12.3. The van der Waals surface area contributed by atoms with Gasteiger partial charge >= 0.3 is 12.0 Å². The number of carboxylic acids is 1. The number of benzene rings is 1. The Balaban J connectivity index is 2.05. The number of aliphatic carboxylic acids is 1. The van der Waals surface area contributed by atoms with Crippen LogP contribution in [-0.4, -0.2) is 46.1 Å². The number of nitrogens with one attached hydrogen (secondary N) is 1. The summed E-state index contributed by atoms with van der Waals surface area (Å²) in [6, 6.07) is 7.42. The molecule has 1 fully saturated rings. The fraction of sp³-hybridized carbons (Fsp3) is 0.429. The number of hydrogen-bond acceptors (Lipinski definition) is 3. The Morgan fingerprint density at radius 1 is 1.40 bits per heavy atom. The molecule has 1 aromatic carbocycles. The number of thioether (sulfide) groups is 1. The van der Waals surface area contributed by atoms with Gasteiger partial charge in [-0.2, -0.15) is 11.8 Å². The first kappa shape index (κ1) is 14.7. The van der Waals surface area contributed by atoms with E-state index in [1.807, 2.05) is 17.8 Å². The van der Waals surface area contributed by atoms with Crippen LogP contribution in [0.4, 0.5) is 4.79 Å². The molecule has 1 aliphatic rings. The van der Waals surface area contributed by atoms with Crippen LogP contribution in [0.1, 0.15) is 18.5 Å². The third kappa shape index (κ3) is 3.66. The van der Waals surface area contributed by atoms with Crippen molar-refractivity contribution in [1.29, 1.82) is 0 Å². The minimum absolute atomic E-state index is 0.312. The summed E-state index contributed by atoms with van der Waals surface area (Å²) < 4.78 is 0. The number of amides is 2. The van der Waals surface area contributed by atoms with Crippen LogP contribution in [0, 0.1) is 0 Å². The Bertz CT molecular complexity index is 481. The zero-order valence-corrected chi connectivity index (χ0v) is 12.1. The van der Waals surface area contributed by atoms with Gasteiger partial charge in [0.1, 0.15) is 0 Å². The van der Waals surface area contributed by atoms with Crippen LogP contribution in [0.5, 0.6) is 0 Å². The molecule has 0 aliphatic carbocycles. The van der Waals surface area contributed by atoms with E-state index < -0.39 is 12.0 Å². The Morgan fingerprint density at radius 3 is 2.70 bits per heavy atom. The Kier molecular flexibility index (Phi) is 4.89. The van der Waals surface area contributed by atoms with Gasteiger partial charge in [0.25, 0.3) is 0 Å². The Morgan fingerprint density at radius 2 is 2.10 bits per heavy atom. The van der Waals surface area contributed by atoms with Crippen molar-refractivity contribution < 1.29 is 14.7 Å². The average Bonchev–Trinajstić information content (AvgIpc) is 2.45. The molecule has 1 aliphatic heterocycles. The molecular formula is C14H18N2O3S. The highest BCUT2D eigenvalue weighted by molar-refractivity contribution is 7.99. The molecule has 1 unspecified atom stereocenters. The second-order valence-electron chi connectivity index (χ2n) is 4.76. The third-order valence-electron chi connectivity index (χ3n) is 3.18. The fourth-order valence-corrected chi connectivity index (χ4v) is 3.16. The standard InChI is InChI=1S/C14H18N2O3S/c1-10-9-16(7-8-20-10)14(19)15-12(13(17)18)11-5-3-2-4-6-11/h2-6,10,12H,7-9H2,1H3,(H,15,19)(H,17,18)/t10?,12-/m0/s1. The van der Waals surface area contributed by atoms with Crippen LogP contribution in [0.25, 0.3) is 0 Å². The second kappa shape index (κ2) is 6.65. The van der Waals surface area contributed by atoms with Crippen molar-refractivity contribution in [1.82, 2.24) is 10.2 Å². The van der Waals surface area contributed by atoms with Gasteiger partial charge in [-0.05, 0) is 5.56 Å². The quantitative estimate of drug-likeness (QED) is 0.894. The van der Waals surface area contributed by atoms with Crippen LogP contribution in [0.15, 0.2) is 30.3 Å². The van der Waals surface area contributed by atoms with E-state index in [2.05, 4.69) is 12.2 Å². The summed E-state index contributed by atoms with van der Waals surface area (Å²) in [4.78, 5) is 25.2. The van der Waals surface area contributed by atoms with Crippen molar-refractivity contribution >= 4 is 23.8 Å². The van der Waals surface area contributed by atoms with Gasteiger partial charge in [-0.15, -0.1) is 0 Å². The van der Waals surface area contributed by atoms with E-state index in [1.54, 1.807) is 29.2 Å². The van der Waals surface area contributed by atoms with Crippen molar-refractivity contribution in [3.63, 3.8) is 0 Å². The molecule has 0 saturated carbocycles. The summed E-state index contributed by atoms with van der Waals surface area (Å²) in [7, 11) is 0. The van der Waals surface area contributed by atoms with Gasteiger partial charge in [-0.3, -0.25) is 0 Å². The van der Waals surface area contributed by atoms with Crippen molar-refractivity contribution in [2.75, 3.05) is 18.8 Å². The SMILES string of the molecule is CC1CN(C(=O)N[C@H](C(=O)O)c2ccccc2)CCS1. The number of urea groups is 1. The number of carbonyl (C=O) groups excluding carboxylic acids is 1. The zero-order chi connectivity index (χ0) is 14.5. The molecule has 1 aromatic rings. The van der Waals surface area contributed by atoms with E-state index in [9.17, 15) is 14.7 Å². The molecule has 2 atom stereocenters. The first-order valence-electron chi connectivity index (χ1n) is 6.52. The highest BCUT2D eigenvalue weighted by atomic mass is 32.2. The number of carboxylic acid groups (broad SMARTS) is 1. The molecule has 0 bridgehead atoms. The molecule has 2 rings (SSSR count). The van der Waals surface area contributed by atoms with Crippen LogP contribution in [0.2, 0.25) is 0 Å². The average molecular weight is 294 g/mol. The molecule has 0 aromatic heterocycles. The van der Waals surface area contributed by atoms with Crippen molar-refractivity contribution in [3.05, 3.63) is 35.9 Å². The maximum atomic E-state index is 12.2. The van der Waals surface area contributed by atoms with Gasteiger partial charge in [0, 0.05) is 24.1 Å². The second-order valence-corrected chi connectivity index (χ2v) is 6.31. The van der Waals surface area contributed by atoms with E-state index in [1.165, 1.54) is 0 Å². The molecule has 1 heterocycles. The van der Waals surface area contributed by atoms with Crippen molar-refractivity contribution in [2.45, 2.75) is 18.2 Å². The molecule has 5 nitrogen and oxygen atoms in total. The summed E-state index contributed by atoms with van der Waals surface area (Å²) in [6.07, 6.45) is 0. The Hall–Kier alpha value is -1.69. The van der Waals surface area contributed by atoms with Gasteiger partial charge in [0.2, 0.25) is 0 Å². The molecule has 2 N–H and O–H groups in total. The van der Waals surface area contributed by atoms with Crippen LogP contribution in [-0.2, 0) is 4.79 Å². The lowest BCUT2D eigenvalue weighted by Gasteiger charge is -2.31. The van der Waals surface area contributed by atoms with E-state index in [-0.39, 0.29) is 6.03 Å². The zero-order valence-electron chi connectivity index (χ0n) is 11.3. The number of carbonyl (C=O) groups is 2. The maximum absolute atomic E-state index is 12.2. The topological polar surface area (TPSA) is 69.6 Å². The molecule has 2 amide bonds. The lowest BCUT2D eigenvalue weighted by molar-refractivity contribution is -0.139. The molecule has 6 heteroatoms. The van der Waals surface area contributed by atoms with E-state index in [4.69, 9.17) is 0 Å². The van der Waals surface area contributed by atoms with Crippen LogP contribution >= 0.6 is 11.8 Å². The summed E-state index contributed by atoms with van der Waals surface area (Å²) in [6.45, 7) is 3.37. The van der Waals surface area contributed by atoms with Gasteiger partial charge in [-0.1, -0.05) is 37.3 Å². The molecular weight excluding hydrogens is 276 g/mol. The minimum Gasteiger partial charge on any atom is -0.479 e. The highest BCUT2D eigenvalue weighted by Crippen LogP contribution is 2.19. The predicted molar refractivity (Wildman–Crippen MR) is 78.8 cm³/mol. The molecule has 0 spiro atoms. The van der Waals surface area contributed by atoms with Gasteiger partial charge in [0.15, 0.2) is 6.04 Å². The molecule has 0 radical (unpaired) electrons. The van der Waals surface area contributed by atoms with Gasteiger partial charge in [-0.25, -0.2) is 9.59 Å². The molecule has 20 heavy (non-hydrogen) atoms. The lowest BCUT2D eigenvalue weighted by atomic mass is 10.1. The smallest absolute Gasteiger partial charge is 0.330 e. The summed E-state index contributed by atoms with van der Waals surface area (Å²) in [5.74, 6) is -0.165. The number of nitrogens with zero attached hydrogens (tertiary/aromatic N) is 1. The van der Waals surface area contributed by atoms with Crippen molar-refractivity contribution in [3.8, 4) is 0 Å². The van der Waals surface area contributed by atoms with Crippen LogP contribution < -0.4 is 5.32 Å². The minimum atomic E-state index is -1.05. The molecule has 108 valence electrons. The first-order chi connectivity index (χ1) is 9.58. The fourth-order valence-electron chi connectivity index (χ4n) is 2.15. The monoisotopic (exact) mass is 294 g/mol. The van der Waals surface area contributed by atoms with Gasteiger partial charge in [0.05, 0.1) is 0 Å². The summed E-state index contributed by atoms with van der Waals surface area (Å²) >= 11 is 1.82. The maximum Gasteiger partial charge on any atom is 0.330 e. The van der Waals surface area contributed by atoms with Gasteiger partial charge < -0.3 is 15.3 Å². The third-order valence-corrected chi connectivity index (χ3v) is 4.31. The predicted octanol–water partition coefficient (Wildman–Crippen LogP) is 1.96. The summed E-state index contributed by atoms with van der Waals surface area (Å²) in [5.41, 5.74) is 0.577. The van der Waals surface area contributed by atoms with E-state index >= 15 is 0 Å². The first-order valence-corrected chi connectivity index (χ1v) is 7.57. The molecule has 1 saturated heterocycles. The Labute approximate surface area is 122 Å². The number of hydrogen-bond donors (Lipinski definition) is 2. The van der Waals surface area contributed by atoms with E-state index in [0.29, 0.717) is 23.9 Å². The largest absolute Gasteiger partial charge is 0.479 e. The van der Waals surface area contributed by atoms with Crippen molar-refractivity contribution in [2.24, 2.45) is 0 Å². The van der Waals surface area contributed by atoms with E-state index in [0.717, 1.165) is 5.75 Å². The number of rotatable bonds is 3. The van der Waals surface area contributed by atoms with Crippen LogP contribution in [0.3, 0.4) is 0 Å². The highest BCUT2D eigenvalue weighted by Gasteiger charge is 2.27. The normalized spacial score (nSPS) is 20.2. The lowest BCUT2D eigenvalue weighted by Crippen LogP contribution is -2.48.